The summed E-state index contributed by atoms with van der Waals surface area (Å²) >= 11 is 1.09. The molecule has 1 aromatic heterocycles. The molecule has 2 aromatic rings. The second-order valence-electron chi connectivity index (χ2n) is 20.2. The molecule has 0 aliphatic carbocycles. The molecule has 3 heterocycles. The Bertz CT molecular complexity index is 2040. The number of hydrogen-bond acceptors (Lipinski definition) is 13. The maximum absolute atomic E-state index is 15.0. The van der Waals surface area contributed by atoms with E-state index < -0.39 is 96.3 Å². The van der Waals surface area contributed by atoms with E-state index in [1.54, 1.807) is 33.1 Å². The molecule has 4 rings (SSSR count). The molecule has 0 radical (unpaired) electrons. The number of aliphatic imine (C=N–C) groups is 1. The van der Waals surface area contributed by atoms with Gasteiger partial charge in [-0.25, -0.2) is 4.79 Å². The van der Waals surface area contributed by atoms with Crippen LogP contribution in [-0.4, -0.2) is 141 Å². The van der Waals surface area contributed by atoms with E-state index in [1.165, 1.54) is 16.2 Å². The van der Waals surface area contributed by atoms with Gasteiger partial charge in [0.15, 0.2) is 0 Å². The van der Waals surface area contributed by atoms with Gasteiger partial charge in [0.2, 0.25) is 0 Å². The van der Waals surface area contributed by atoms with Gasteiger partial charge in [-0.05, 0) is 25.1 Å². The molecule has 1 unspecified atom stereocenters. The number of aromatic nitrogens is 1. The topological polar surface area (TPSA) is 176 Å². The van der Waals surface area contributed by atoms with Gasteiger partial charge >= 0.3 is 346 Å². The van der Waals surface area contributed by atoms with E-state index in [0.29, 0.717) is 5.01 Å². The van der Waals surface area contributed by atoms with Gasteiger partial charge in [-0.1, -0.05) is 41.5 Å². The van der Waals surface area contributed by atoms with Crippen molar-refractivity contribution in [1.82, 2.24) is 20.5 Å². The number of ether oxygens (including phenoxy) is 4. The average molecular weight is 1100 g/mol. The first kappa shape index (κ1) is 58.6. The van der Waals surface area contributed by atoms with E-state index in [2.05, 4.69) is 71.8 Å². The van der Waals surface area contributed by atoms with E-state index in [4.69, 9.17) is 37.8 Å². The van der Waals surface area contributed by atoms with Gasteiger partial charge in [0.1, 0.15) is 0 Å². The van der Waals surface area contributed by atoms with Gasteiger partial charge in [-0.2, -0.15) is 0 Å². The fourth-order valence-electron chi connectivity index (χ4n) is 9.11. The number of benzene rings is 1. The van der Waals surface area contributed by atoms with E-state index in [1.807, 2.05) is 51.1 Å². The van der Waals surface area contributed by atoms with Crippen LogP contribution in [0, 0.1) is 0 Å². The standard InChI is InChI=1S/C49H83N5O10SSeSi3/c1-17-59-46(57)38-32-65-45(51-38)41(49(13,64-69(21-5,22-6)23-7)35(10)63-68(18-2,19-3)20-4)53-42(55)37-31-61-44(50-37)39(34(9)66-36-27-25-24-26-28-36)52-43(56)40-33(8)62-48(11,12)54(40)47(58)60-29-30-67(14,15)16/h24-28,32-35,37,39-41H,17-23,29-31H2,1-16H3,(H,52,56)(H,53,55)/t33-,34+,35-,37?,39+,40+,41-,49-/m1/s1. The monoisotopic (exact) mass is 1100 g/mol. The number of nitrogens with zero attached hydrogens (tertiary/aromatic N) is 3. The molecule has 388 valence electrons. The average Bonchev–Trinajstić information content (AvgIpc) is 4.06. The maximum atomic E-state index is 15.0. The normalized spacial score (nSPS) is 21.0. The van der Waals surface area contributed by atoms with Gasteiger partial charge in [-0.3, -0.25) is 0 Å². The molecule has 1 fully saturated rings. The van der Waals surface area contributed by atoms with Crippen LogP contribution in [0.5, 0.6) is 0 Å². The van der Waals surface area contributed by atoms with Crippen molar-refractivity contribution in [2.24, 2.45) is 4.99 Å². The first-order valence-electron chi connectivity index (χ1n) is 25.1. The summed E-state index contributed by atoms with van der Waals surface area (Å²) in [6, 6.07) is 12.5. The minimum absolute atomic E-state index is 0.0818. The van der Waals surface area contributed by atoms with Crippen molar-refractivity contribution in [3.05, 3.63) is 46.4 Å². The minimum atomic E-state index is -2.43. The summed E-state index contributed by atoms with van der Waals surface area (Å²) in [5.41, 5.74) is -2.10. The Hall–Kier alpha value is -2.95. The van der Waals surface area contributed by atoms with Crippen molar-refractivity contribution in [1.29, 1.82) is 0 Å². The van der Waals surface area contributed by atoms with E-state index in [9.17, 15) is 19.2 Å². The zero-order valence-corrected chi connectivity index (χ0v) is 49.8. The summed E-state index contributed by atoms with van der Waals surface area (Å²) < 4.78 is 39.6. The summed E-state index contributed by atoms with van der Waals surface area (Å²) in [6.45, 7) is 33.2. The molecule has 3 amide bonds. The Labute approximate surface area is 426 Å². The molecular formula is C49H83N5O10SSeSi3. The first-order valence-corrected chi connectivity index (χ1v) is 36.6. The van der Waals surface area contributed by atoms with Crippen molar-refractivity contribution in [2.75, 3.05) is 19.8 Å². The Morgan fingerprint density at radius 3 is 2.09 bits per heavy atom. The molecule has 0 saturated carbocycles. The van der Waals surface area contributed by atoms with Gasteiger partial charge in [0.25, 0.3) is 0 Å². The Morgan fingerprint density at radius 1 is 0.913 bits per heavy atom. The fourth-order valence-corrected chi connectivity index (χ4v) is 19.1. The van der Waals surface area contributed by atoms with Crippen molar-refractivity contribution >= 4 is 85.2 Å². The molecule has 0 spiro atoms. The number of nitrogens with one attached hydrogen (secondary N) is 2. The predicted octanol–water partition coefficient (Wildman–Crippen LogP) is 9.09. The third-order valence-corrected chi connectivity index (χ3v) is 28.6. The van der Waals surface area contributed by atoms with Crippen molar-refractivity contribution in [3.8, 4) is 0 Å². The summed E-state index contributed by atoms with van der Waals surface area (Å²) in [5, 5.41) is 8.70. The van der Waals surface area contributed by atoms with Gasteiger partial charge in [0, 0.05) is 0 Å². The molecule has 2 aliphatic rings. The summed E-state index contributed by atoms with van der Waals surface area (Å²) in [6.07, 6.45) is -1.75. The molecule has 1 saturated heterocycles. The summed E-state index contributed by atoms with van der Waals surface area (Å²) in [5.74, 6) is -1.20. The number of esters is 1. The second-order valence-corrected chi connectivity index (χ2v) is 39.2. The van der Waals surface area contributed by atoms with Crippen molar-refractivity contribution in [2.45, 2.75) is 204 Å². The zero-order valence-electron chi connectivity index (χ0n) is 44.3. The number of carbonyl (C=O) groups excluding carboxylic acids is 4. The molecule has 20 heteroatoms. The third-order valence-electron chi connectivity index (χ3n) is 14.0. The molecule has 0 bridgehead atoms. The van der Waals surface area contributed by atoms with Gasteiger partial charge < -0.3 is 4.74 Å². The van der Waals surface area contributed by atoms with Crippen LogP contribution < -0.4 is 15.1 Å². The van der Waals surface area contributed by atoms with Crippen LogP contribution in [0.15, 0.2) is 40.7 Å². The number of thiazole rings is 1. The zero-order chi connectivity index (χ0) is 51.5. The Kier molecular flexibility index (Phi) is 21.3. The molecule has 8 atom stereocenters. The molecule has 1 aromatic carbocycles. The van der Waals surface area contributed by atoms with Crippen molar-refractivity contribution in [3.63, 3.8) is 0 Å². The first-order chi connectivity index (χ1) is 32.4. The van der Waals surface area contributed by atoms with E-state index in [-0.39, 0.29) is 51.2 Å². The SMILES string of the molecule is CCOC(=O)c1csc([C@@H](NC(=O)C2COC([C@@H](NC(=O)[C@@H]3[C@@H](C)OC(C)(C)N3C(=O)OCC[Si](C)(C)C)[C@H](C)[Se]c3ccccc3)=N2)[C@](C)(O[Si](CC)(CC)CC)[C@@H](C)O[Si](CC)(CC)CC)n1. The van der Waals surface area contributed by atoms with Crippen LogP contribution in [0.3, 0.4) is 0 Å². The van der Waals surface area contributed by atoms with Crippen LogP contribution in [0.25, 0.3) is 0 Å². The molecule has 2 aliphatic heterocycles. The van der Waals surface area contributed by atoms with Crippen LogP contribution in [-0.2, 0) is 37.4 Å². The quantitative estimate of drug-likeness (QED) is 0.0679. The Morgan fingerprint density at radius 2 is 1.52 bits per heavy atom. The second kappa shape index (κ2) is 25.1. The van der Waals surface area contributed by atoms with Gasteiger partial charge in [0.05, 0.1) is 6.61 Å². The van der Waals surface area contributed by atoms with E-state index in [0.717, 1.165) is 46.8 Å². The molecule has 2 N–H and O–H groups in total. The molecule has 15 nitrogen and oxygen atoms in total. The number of hydrogen-bond donors (Lipinski definition) is 2. The van der Waals surface area contributed by atoms with Crippen LogP contribution >= 0.6 is 11.3 Å². The third kappa shape index (κ3) is 14.6. The molecule has 69 heavy (non-hydrogen) atoms. The Balaban J connectivity index is 1.78. The summed E-state index contributed by atoms with van der Waals surface area (Å²) in [4.78, 5) is 67.5. The number of carbonyl (C=O) groups is 4. The van der Waals surface area contributed by atoms with E-state index >= 15 is 0 Å². The van der Waals surface area contributed by atoms with Crippen molar-refractivity contribution < 1.29 is 47.0 Å². The van der Waals surface area contributed by atoms with Gasteiger partial charge in [-0.15, -0.1) is 0 Å². The fraction of sp³-hybridized carbons (Fsp3) is 0.714. The van der Waals surface area contributed by atoms with Crippen LogP contribution in [0.2, 0.25) is 66.8 Å². The molecular weight excluding hydrogens is 1010 g/mol. The predicted molar refractivity (Wildman–Crippen MR) is 283 cm³/mol. The number of rotatable bonds is 26. The van der Waals surface area contributed by atoms with Crippen LogP contribution in [0.4, 0.5) is 4.79 Å². The summed E-state index contributed by atoms with van der Waals surface area (Å²) in [7, 11) is -6.17. The number of amides is 3. The van der Waals surface area contributed by atoms with Crippen LogP contribution in [0.1, 0.15) is 112 Å².